The van der Waals surface area contributed by atoms with E-state index in [1.54, 1.807) is 0 Å². The highest BCUT2D eigenvalue weighted by Gasteiger charge is 2.16. The molecule has 0 saturated heterocycles. The first kappa shape index (κ1) is 9.40. The molecule has 0 bridgehead atoms. The van der Waals surface area contributed by atoms with Gasteiger partial charge in [-0.15, -0.1) is 0 Å². The van der Waals surface area contributed by atoms with E-state index in [0.29, 0.717) is 5.84 Å². The zero-order valence-corrected chi connectivity index (χ0v) is 9.26. The summed E-state index contributed by atoms with van der Waals surface area (Å²) < 4.78 is 1.03. The zero-order valence-electron chi connectivity index (χ0n) is 7.67. The molecule has 14 heavy (non-hydrogen) atoms. The molecular weight excluding hydrogens is 244 g/mol. The molecule has 0 saturated carbocycles. The maximum absolute atomic E-state index is 11.0. The second kappa shape index (κ2) is 3.53. The fourth-order valence-corrected chi connectivity index (χ4v) is 1.88. The number of carbonyl (C=O) groups excluding carboxylic acids is 1. The van der Waals surface area contributed by atoms with Crippen LogP contribution in [0.3, 0.4) is 0 Å². The third kappa shape index (κ3) is 1.70. The Bertz CT molecular complexity index is 426. The second-order valence-corrected chi connectivity index (χ2v) is 4.09. The lowest BCUT2D eigenvalue weighted by Gasteiger charge is -2.05. The minimum Gasteiger partial charge on any atom is -0.309 e. The van der Waals surface area contributed by atoms with Gasteiger partial charge in [-0.25, -0.2) is 0 Å². The average molecular weight is 253 g/mol. The molecule has 0 spiro atoms. The molecule has 0 radical (unpaired) electrons. The topological polar surface area (TPSA) is 41.5 Å². The van der Waals surface area contributed by atoms with Crippen molar-refractivity contribution in [1.29, 1.82) is 0 Å². The van der Waals surface area contributed by atoms with Gasteiger partial charge >= 0.3 is 0 Å². The number of hydrogen-bond acceptors (Lipinski definition) is 2. The Labute approximate surface area is 90.4 Å². The van der Waals surface area contributed by atoms with Crippen LogP contribution in [0.4, 0.5) is 0 Å². The van der Waals surface area contributed by atoms with E-state index in [2.05, 4.69) is 26.2 Å². The number of aryl methyl sites for hydroxylation is 1. The Morgan fingerprint density at radius 3 is 2.86 bits per heavy atom. The molecule has 0 aromatic heterocycles. The van der Waals surface area contributed by atoms with Crippen molar-refractivity contribution in [3.05, 3.63) is 33.8 Å². The molecule has 1 aliphatic heterocycles. The maximum Gasteiger partial charge on any atom is 0.247 e. The number of aliphatic imine (C=N–C) groups is 1. The molecule has 1 aliphatic rings. The van der Waals surface area contributed by atoms with E-state index < -0.39 is 0 Å². The van der Waals surface area contributed by atoms with Crippen LogP contribution in [0.15, 0.2) is 27.7 Å². The van der Waals surface area contributed by atoms with E-state index in [1.165, 1.54) is 0 Å². The first-order valence-electron chi connectivity index (χ1n) is 4.27. The molecule has 72 valence electrons. The van der Waals surface area contributed by atoms with Gasteiger partial charge in [0.05, 0.1) is 0 Å². The average Bonchev–Trinajstić information content (AvgIpc) is 2.51. The van der Waals surface area contributed by atoms with Crippen LogP contribution in [0, 0.1) is 6.92 Å². The highest BCUT2D eigenvalue weighted by molar-refractivity contribution is 9.10. The van der Waals surface area contributed by atoms with Crippen molar-refractivity contribution < 1.29 is 4.79 Å². The molecule has 1 amide bonds. The highest BCUT2D eigenvalue weighted by Crippen LogP contribution is 2.16. The molecule has 0 fully saturated rings. The predicted octanol–water partition coefficient (Wildman–Crippen LogP) is 1.63. The van der Waals surface area contributed by atoms with Gasteiger partial charge in [-0.2, -0.15) is 0 Å². The Kier molecular flexibility index (Phi) is 2.37. The van der Waals surface area contributed by atoms with Crippen LogP contribution in [0.25, 0.3) is 0 Å². The smallest absolute Gasteiger partial charge is 0.247 e. The van der Waals surface area contributed by atoms with E-state index in [-0.39, 0.29) is 12.5 Å². The monoisotopic (exact) mass is 252 g/mol. The number of benzene rings is 1. The third-order valence-corrected chi connectivity index (χ3v) is 2.58. The lowest BCUT2D eigenvalue weighted by atomic mass is 10.1. The van der Waals surface area contributed by atoms with Gasteiger partial charge in [0.2, 0.25) is 5.91 Å². The second-order valence-electron chi connectivity index (χ2n) is 3.17. The standard InChI is InChI=1S/C10H9BrN2O/c1-6-4-7(11)2-3-8(6)10-12-5-9(14)13-10/h2-4H,5H2,1H3,(H,12,13,14). The van der Waals surface area contributed by atoms with Crippen molar-refractivity contribution in [1.82, 2.24) is 5.32 Å². The van der Waals surface area contributed by atoms with Gasteiger partial charge in [0.25, 0.3) is 0 Å². The van der Waals surface area contributed by atoms with Crippen LogP contribution in [-0.2, 0) is 4.79 Å². The van der Waals surface area contributed by atoms with Crippen LogP contribution in [0.5, 0.6) is 0 Å². The fraction of sp³-hybridized carbons (Fsp3) is 0.200. The van der Waals surface area contributed by atoms with E-state index >= 15 is 0 Å². The summed E-state index contributed by atoms with van der Waals surface area (Å²) in [4.78, 5) is 15.1. The van der Waals surface area contributed by atoms with Crippen molar-refractivity contribution in [2.24, 2.45) is 4.99 Å². The predicted molar refractivity (Wildman–Crippen MR) is 58.4 cm³/mol. The summed E-state index contributed by atoms with van der Waals surface area (Å²) >= 11 is 3.39. The summed E-state index contributed by atoms with van der Waals surface area (Å²) in [6.07, 6.45) is 0. The number of nitrogens with one attached hydrogen (secondary N) is 1. The van der Waals surface area contributed by atoms with Crippen LogP contribution >= 0.6 is 15.9 Å². The molecule has 0 atom stereocenters. The lowest BCUT2D eigenvalue weighted by Crippen LogP contribution is -2.25. The summed E-state index contributed by atoms with van der Waals surface area (Å²) in [5.74, 6) is 0.641. The fourth-order valence-electron chi connectivity index (χ4n) is 1.41. The molecule has 1 aromatic carbocycles. The molecule has 1 heterocycles. The SMILES string of the molecule is Cc1cc(Br)ccc1C1=NCC(=O)N1. The molecule has 0 unspecified atom stereocenters. The number of amides is 1. The molecular formula is C10H9BrN2O. The Morgan fingerprint density at radius 2 is 2.29 bits per heavy atom. The summed E-state index contributed by atoms with van der Waals surface area (Å²) in [7, 11) is 0. The van der Waals surface area contributed by atoms with Crippen molar-refractivity contribution in [2.75, 3.05) is 6.54 Å². The number of hydrogen-bond donors (Lipinski definition) is 1. The lowest BCUT2D eigenvalue weighted by molar-refractivity contribution is -0.117. The van der Waals surface area contributed by atoms with Gasteiger partial charge in [0.1, 0.15) is 12.4 Å². The van der Waals surface area contributed by atoms with Gasteiger partial charge in [-0.05, 0) is 30.7 Å². The van der Waals surface area contributed by atoms with Gasteiger partial charge in [-0.3, -0.25) is 9.79 Å². The largest absolute Gasteiger partial charge is 0.309 e. The van der Waals surface area contributed by atoms with Crippen LogP contribution < -0.4 is 5.32 Å². The molecule has 2 rings (SSSR count). The quantitative estimate of drug-likeness (QED) is 0.812. The number of amidine groups is 1. The third-order valence-electron chi connectivity index (χ3n) is 2.08. The van der Waals surface area contributed by atoms with Crippen molar-refractivity contribution in [3.8, 4) is 0 Å². The van der Waals surface area contributed by atoms with Crippen molar-refractivity contribution >= 4 is 27.7 Å². The van der Waals surface area contributed by atoms with E-state index in [4.69, 9.17) is 0 Å². The summed E-state index contributed by atoms with van der Waals surface area (Å²) in [6.45, 7) is 2.23. The van der Waals surface area contributed by atoms with Crippen LogP contribution in [-0.4, -0.2) is 18.3 Å². The van der Waals surface area contributed by atoms with Gasteiger partial charge in [-0.1, -0.05) is 15.9 Å². The molecule has 3 nitrogen and oxygen atoms in total. The molecule has 0 aliphatic carbocycles. The minimum atomic E-state index is -0.0395. The molecule has 4 heteroatoms. The Balaban J connectivity index is 2.38. The van der Waals surface area contributed by atoms with Gasteiger partial charge in [0.15, 0.2) is 0 Å². The normalized spacial score (nSPS) is 15.3. The van der Waals surface area contributed by atoms with Crippen LogP contribution in [0.1, 0.15) is 11.1 Å². The van der Waals surface area contributed by atoms with E-state index in [0.717, 1.165) is 15.6 Å². The van der Waals surface area contributed by atoms with E-state index in [1.807, 2.05) is 25.1 Å². The van der Waals surface area contributed by atoms with Crippen LogP contribution in [0.2, 0.25) is 0 Å². The number of nitrogens with zero attached hydrogens (tertiary/aromatic N) is 1. The maximum atomic E-state index is 11.0. The Hall–Kier alpha value is -1.16. The van der Waals surface area contributed by atoms with Crippen molar-refractivity contribution in [2.45, 2.75) is 6.92 Å². The van der Waals surface area contributed by atoms with Gasteiger partial charge < -0.3 is 5.32 Å². The Morgan fingerprint density at radius 1 is 1.50 bits per heavy atom. The summed E-state index contributed by atoms with van der Waals surface area (Å²) in [6, 6.07) is 5.89. The summed E-state index contributed by atoms with van der Waals surface area (Å²) in [5, 5.41) is 2.73. The number of rotatable bonds is 1. The van der Waals surface area contributed by atoms with Crippen molar-refractivity contribution in [3.63, 3.8) is 0 Å². The number of halogens is 1. The summed E-state index contributed by atoms with van der Waals surface area (Å²) in [5.41, 5.74) is 2.08. The molecule has 1 N–H and O–H groups in total. The first-order valence-corrected chi connectivity index (χ1v) is 5.07. The zero-order chi connectivity index (χ0) is 10.1. The van der Waals surface area contributed by atoms with Gasteiger partial charge in [0, 0.05) is 10.0 Å². The number of carbonyl (C=O) groups is 1. The molecule has 1 aromatic rings. The van der Waals surface area contributed by atoms with E-state index in [9.17, 15) is 4.79 Å². The minimum absolute atomic E-state index is 0.0395. The highest BCUT2D eigenvalue weighted by atomic mass is 79.9. The first-order chi connectivity index (χ1) is 6.66.